The van der Waals surface area contributed by atoms with Gasteiger partial charge in [0.25, 0.3) is 0 Å². The molecule has 0 saturated heterocycles. The van der Waals surface area contributed by atoms with Gasteiger partial charge in [-0.3, -0.25) is 5.84 Å². The summed E-state index contributed by atoms with van der Waals surface area (Å²) in [6, 6.07) is 13.1. The summed E-state index contributed by atoms with van der Waals surface area (Å²) in [6.45, 7) is 1.99. The molecule has 3 rings (SSSR count). The summed E-state index contributed by atoms with van der Waals surface area (Å²) in [7, 11) is 0. The molecule has 0 bridgehead atoms. The number of hydrogen-bond donors (Lipinski definition) is 2. The standard InChI is InChI=1S/C18H21FN2/c1-12-9-10-14(19)11-17(12)18(21-20)16-8-3-2-7-15(16)13-5-4-6-13/h2-3,7-11,13,18,21H,4-6,20H2,1H3. The average molecular weight is 284 g/mol. The molecule has 1 unspecified atom stereocenters. The third-order valence-corrected chi connectivity index (χ3v) is 4.57. The quantitative estimate of drug-likeness (QED) is 0.659. The summed E-state index contributed by atoms with van der Waals surface area (Å²) in [5, 5.41) is 0. The van der Waals surface area contributed by atoms with E-state index >= 15 is 0 Å². The molecule has 0 aromatic heterocycles. The Hall–Kier alpha value is -1.71. The minimum Gasteiger partial charge on any atom is -0.271 e. The van der Waals surface area contributed by atoms with Crippen LogP contribution in [-0.4, -0.2) is 0 Å². The van der Waals surface area contributed by atoms with Gasteiger partial charge >= 0.3 is 0 Å². The van der Waals surface area contributed by atoms with Gasteiger partial charge in [0.2, 0.25) is 0 Å². The van der Waals surface area contributed by atoms with E-state index in [0.29, 0.717) is 5.92 Å². The van der Waals surface area contributed by atoms with E-state index in [1.165, 1.54) is 36.5 Å². The summed E-state index contributed by atoms with van der Waals surface area (Å²) in [5.74, 6) is 6.20. The Morgan fingerprint density at radius 2 is 1.90 bits per heavy atom. The van der Waals surface area contributed by atoms with Gasteiger partial charge in [-0.15, -0.1) is 0 Å². The van der Waals surface area contributed by atoms with E-state index in [2.05, 4.69) is 23.6 Å². The predicted molar refractivity (Wildman–Crippen MR) is 83.3 cm³/mol. The van der Waals surface area contributed by atoms with Crippen LogP contribution in [0.4, 0.5) is 4.39 Å². The fraction of sp³-hybridized carbons (Fsp3) is 0.333. The minimum absolute atomic E-state index is 0.169. The van der Waals surface area contributed by atoms with E-state index in [1.54, 1.807) is 12.1 Å². The Balaban J connectivity index is 2.06. The van der Waals surface area contributed by atoms with Gasteiger partial charge in [0.05, 0.1) is 6.04 Å². The Bertz CT molecular complexity index is 635. The van der Waals surface area contributed by atoms with Crippen molar-refractivity contribution in [2.24, 2.45) is 5.84 Å². The molecule has 2 nitrogen and oxygen atoms in total. The van der Waals surface area contributed by atoms with Crippen molar-refractivity contribution in [3.05, 3.63) is 70.5 Å². The fourth-order valence-corrected chi connectivity index (χ4v) is 3.13. The maximum Gasteiger partial charge on any atom is 0.123 e. The molecule has 1 atom stereocenters. The van der Waals surface area contributed by atoms with Crippen LogP contribution in [-0.2, 0) is 0 Å². The van der Waals surface area contributed by atoms with E-state index < -0.39 is 0 Å². The lowest BCUT2D eigenvalue weighted by atomic mass is 9.76. The number of benzene rings is 2. The van der Waals surface area contributed by atoms with Crippen LogP contribution < -0.4 is 11.3 Å². The molecule has 2 aromatic carbocycles. The number of halogens is 1. The molecule has 0 amide bonds. The van der Waals surface area contributed by atoms with Gasteiger partial charge in [0.15, 0.2) is 0 Å². The van der Waals surface area contributed by atoms with Crippen LogP contribution in [0.25, 0.3) is 0 Å². The highest BCUT2D eigenvalue weighted by atomic mass is 19.1. The smallest absolute Gasteiger partial charge is 0.123 e. The van der Waals surface area contributed by atoms with Crippen LogP contribution in [0.5, 0.6) is 0 Å². The van der Waals surface area contributed by atoms with Crippen LogP contribution in [0.15, 0.2) is 42.5 Å². The molecule has 0 aliphatic heterocycles. The topological polar surface area (TPSA) is 38.0 Å². The highest BCUT2D eigenvalue weighted by molar-refractivity contribution is 5.42. The first-order valence-electron chi connectivity index (χ1n) is 7.51. The number of hydrazine groups is 1. The third-order valence-electron chi connectivity index (χ3n) is 4.57. The van der Waals surface area contributed by atoms with E-state index in [1.807, 2.05) is 13.0 Å². The lowest BCUT2D eigenvalue weighted by Crippen LogP contribution is -2.31. The fourth-order valence-electron chi connectivity index (χ4n) is 3.13. The molecular formula is C18H21FN2. The van der Waals surface area contributed by atoms with Crippen LogP contribution in [0, 0.1) is 12.7 Å². The molecule has 1 fully saturated rings. The molecule has 3 N–H and O–H groups in total. The maximum atomic E-state index is 13.6. The largest absolute Gasteiger partial charge is 0.271 e. The van der Waals surface area contributed by atoms with Crippen LogP contribution in [0.2, 0.25) is 0 Å². The minimum atomic E-state index is -0.225. The Kier molecular flexibility index (Phi) is 4.04. The first kappa shape index (κ1) is 14.2. The molecule has 0 spiro atoms. The van der Waals surface area contributed by atoms with Crippen molar-refractivity contribution in [2.75, 3.05) is 0 Å². The van der Waals surface area contributed by atoms with Crippen molar-refractivity contribution in [2.45, 2.75) is 38.1 Å². The average Bonchev–Trinajstić information content (AvgIpc) is 2.43. The van der Waals surface area contributed by atoms with Crippen molar-refractivity contribution >= 4 is 0 Å². The summed E-state index contributed by atoms with van der Waals surface area (Å²) in [4.78, 5) is 0. The lowest BCUT2D eigenvalue weighted by Gasteiger charge is -2.31. The second-order valence-corrected chi connectivity index (χ2v) is 5.86. The third kappa shape index (κ3) is 2.71. The molecule has 2 aromatic rings. The summed E-state index contributed by atoms with van der Waals surface area (Å²) in [5.41, 5.74) is 7.34. The van der Waals surface area contributed by atoms with Gasteiger partial charge in [-0.25, -0.2) is 9.82 Å². The molecule has 3 heteroatoms. The molecule has 1 aliphatic rings. The van der Waals surface area contributed by atoms with Crippen LogP contribution in [0.3, 0.4) is 0 Å². The second kappa shape index (κ2) is 5.96. The molecule has 1 aliphatic carbocycles. The summed E-state index contributed by atoms with van der Waals surface area (Å²) >= 11 is 0. The normalized spacial score (nSPS) is 16.5. The van der Waals surface area contributed by atoms with Gasteiger partial charge in [0.1, 0.15) is 5.82 Å². The monoisotopic (exact) mass is 284 g/mol. The van der Waals surface area contributed by atoms with Gasteiger partial charge < -0.3 is 0 Å². The SMILES string of the molecule is Cc1ccc(F)cc1C(NN)c1ccccc1C1CCC1. The van der Waals surface area contributed by atoms with Crippen LogP contribution >= 0.6 is 0 Å². The molecule has 110 valence electrons. The molecule has 0 heterocycles. The van der Waals surface area contributed by atoms with E-state index in [-0.39, 0.29) is 11.9 Å². The molecular weight excluding hydrogens is 263 g/mol. The van der Waals surface area contributed by atoms with E-state index in [9.17, 15) is 4.39 Å². The Morgan fingerprint density at radius 1 is 1.14 bits per heavy atom. The van der Waals surface area contributed by atoms with Crippen LogP contribution in [0.1, 0.15) is 53.5 Å². The zero-order chi connectivity index (χ0) is 14.8. The van der Waals surface area contributed by atoms with Gasteiger partial charge in [-0.1, -0.05) is 36.8 Å². The lowest BCUT2D eigenvalue weighted by molar-refractivity contribution is 0.414. The second-order valence-electron chi connectivity index (χ2n) is 5.86. The number of nitrogens with one attached hydrogen (secondary N) is 1. The number of rotatable bonds is 4. The van der Waals surface area contributed by atoms with Crippen molar-refractivity contribution < 1.29 is 4.39 Å². The molecule has 0 radical (unpaired) electrons. The van der Waals surface area contributed by atoms with E-state index in [4.69, 9.17) is 5.84 Å². The molecule has 1 saturated carbocycles. The van der Waals surface area contributed by atoms with Crippen molar-refractivity contribution in [1.82, 2.24) is 5.43 Å². The van der Waals surface area contributed by atoms with Crippen molar-refractivity contribution in [3.63, 3.8) is 0 Å². The van der Waals surface area contributed by atoms with Gasteiger partial charge in [0, 0.05) is 0 Å². The Labute approximate surface area is 125 Å². The predicted octanol–water partition coefficient (Wildman–Crippen LogP) is 3.95. The zero-order valence-electron chi connectivity index (χ0n) is 12.3. The summed E-state index contributed by atoms with van der Waals surface area (Å²) in [6.07, 6.45) is 3.76. The first-order valence-corrected chi connectivity index (χ1v) is 7.51. The van der Waals surface area contributed by atoms with Crippen molar-refractivity contribution in [3.8, 4) is 0 Å². The first-order chi connectivity index (χ1) is 10.2. The number of hydrogen-bond acceptors (Lipinski definition) is 2. The van der Waals surface area contributed by atoms with E-state index in [0.717, 1.165) is 11.1 Å². The van der Waals surface area contributed by atoms with Gasteiger partial charge in [-0.05, 0) is 60.1 Å². The highest BCUT2D eigenvalue weighted by Crippen LogP contribution is 2.40. The molecule has 21 heavy (non-hydrogen) atoms. The Morgan fingerprint density at radius 3 is 2.57 bits per heavy atom. The summed E-state index contributed by atoms with van der Waals surface area (Å²) < 4.78 is 13.6. The maximum absolute atomic E-state index is 13.6. The number of aryl methyl sites for hydroxylation is 1. The van der Waals surface area contributed by atoms with Crippen molar-refractivity contribution in [1.29, 1.82) is 0 Å². The zero-order valence-corrected chi connectivity index (χ0v) is 12.3. The van der Waals surface area contributed by atoms with Gasteiger partial charge in [-0.2, -0.15) is 0 Å². The number of nitrogens with two attached hydrogens (primary N) is 1. The highest BCUT2D eigenvalue weighted by Gasteiger charge is 2.26.